The van der Waals surface area contributed by atoms with Crippen LogP contribution in [0, 0.1) is 5.92 Å². The van der Waals surface area contributed by atoms with Crippen LogP contribution in [0.2, 0.25) is 0 Å². The second-order valence-electron chi connectivity index (χ2n) is 7.30. The number of hydrogen-bond acceptors (Lipinski definition) is 5. The van der Waals surface area contributed by atoms with Crippen LogP contribution in [0.15, 0.2) is 12.4 Å². The van der Waals surface area contributed by atoms with Gasteiger partial charge in [-0.25, -0.2) is 15.0 Å². The zero-order chi connectivity index (χ0) is 17.8. The van der Waals surface area contributed by atoms with Gasteiger partial charge in [-0.1, -0.05) is 20.3 Å². The van der Waals surface area contributed by atoms with Crippen molar-refractivity contribution in [3.8, 4) is 5.88 Å². The third-order valence-electron chi connectivity index (χ3n) is 5.33. The molecule has 1 saturated heterocycles. The Bertz CT molecular complexity index is 710. The number of fused-ring (bicyclic) bond motifs is 1. The maximum absolute atomic E-state index is 5.72. The molecule has 2 aromatic rings. The molecular weight excluding hydrogens is 312 g/mol. The molecule has 1 aliphatic heterocycles. The second-order valence-corrected chi connectivity index (χ2v) is 7.30. The van der Waals surface area contributed by atoms with E-state index in [-0.39, 0.29) is 0 Å². The lowest BCUT2D eigenvalue weighted by Gasteiger charge is -2.29. The van der Waals surface area contributed by atoms with E-state index in [9.17, 15) is 0 Å². The monoisotopic (exact) mass is 342 g/mol. The molecular formula is C20H30N4O. The third kappa shape index (κ3) is 4.09. The van der Waals surface area contributed by atoms with Gasteiger partial charge < -0.3 is 9.64 Å². The molecule has 0 spiro atoms. The Morgan fingerprint density at radius 3 is 2.64 bits per heavy atom. The molecule has 1 aliphatic rings. The van der Waals surface area contributed by atoms with E-state index in [1.165, 1.54) is 5.56 Å². The first-order valence-corrected chi connectivity index (χ1v) is 9.58. The van der Waals surface area contributed by atoms with E-state index >= 15 is 0 Å². The molecule has 5 nitrogen and oxygen atoms in total. The van der Waals surface area contributed by atoms with Crippen LogP contribution in [-0.4, -0.2) is 46.6 Å². The molecule has 0 unspecified atom stereocenters. The Morgan fingerprint density at radius 2 is 1.96 bits per heavy atom. The predicted octanol–water partition coefficient (Wildman–Crippen LogP) is 3.82. The second kappa shape index (κ2) is 8.09. The molecule has 3 heterocycles. The number of hydrogen-bond donors (Lipinski definition) is 0. The summed E-state index contributed by atoms with van der Waals surface area (Å²) in [5, 5.41) is 0.950. The van der Waals surface area contributed by atoms with E-state index in [2.05, 4.69) is 35.8 Å². The van der Waals surface area contributed by atoms with Gasteiger partial charge in [0, 0.05) is 24.4 Å². The molecule has 2 aromatic heterocycles. The van der Waals surface area contributed by atoms with Gasteiger partial charge in [-0.05, 0) is 51.7 Å². The van der Waals surface area contributed by atoms with E-state index < -0.39 is 0 Å². The Morgan fingerprint density at radius 1 is 1.20 bits per heavy atom. The Labute approximate surface area is 150 Å². The summed E-state index contributed by atoms with van der Waals surface area (Å²) in [6.07, 6.45) is 8.28. The molecule has 25 heavy (non-hydrogen) atoms. The number of ether oxygens (including phenoxy) is 1. The summed E-state index contributed by atoms with van der Waals surface area (Å²) in [6.45, 7) is 9.31. The fraction of sp³-hybridized carbons (Fsp3) is 0.650. The summed E-state index contributed by atoms with van der Waals surface area (Å²) >= 11 is 0. The molecule has 136 valence electrons. The molecule has 0 N–H and O–H groups in total. The summed E-state index contributed by atoms with van der Waals surface area (Å²) in [4.78, 5) is 16.5. The fourth-order valence-electron chi connectivity index (χ4n) is 3.48. The van der Waals surface area contributed by atoms with Crippen molar-refractivity contribution in [2.75, 3.05) is 26.7 Å². The van der Waals surface area contributed by atoms with Crippen LogP contribution in [0.3, 0.4) is 0 Å². The zero-order valence-corrected chi connectivity index (χ0v) is 16.0. The Hall–Kier alpha value is -1.75. The summed E-state index contributed by atoms with van der Waals surface area (Å²) in [7, 11) is 2.19. The minimum atomic E-state index is 0.522. The fourth-order valence-corrected chi connectivity index (χ4v) is 3.48. The van der Waals surface area contributed by atoms with Crippen LogP contribution in [0.4, 0.5) is 0 Å². The number of likely N-dealkylation sites (tertiary alicyclic amines) is 1. The average Bonchev–Trinajstić information content (AvgIpc) is 2.63. The van der Waals surface area contributed by atoms with Crippen molar-refractivity contribution in [2.45, 2.75) is 52.4 Å². The first kappa shape index (κ1) is 18.1. The van der Waals surface area contributed by atoms with Crippen molar-refractivity contribution in [1.29, 1.82) is 0 Å². The predicted molar refractivity (Wildman–Crippen MR) is 101 cm³/mol. The van der Waals surface area contributed by atoms with E-state index in [1.807, 2.05) is 19.3 Å². The summed E-state index contributed by atoms with van der Waals surface area (Å²) in [6, 6.07) is 0. The van der Waals surface area contributed by atoms with Crippen LogP contribution in [0.25, 0.3) is 10.9 Å². The zero-order valence-electron chi connectivity index (χ0n) is 16.0. The summed E-state index contributed by atoms with van der Waals surface area (Å²) < 4.78 is 5.72. The van der Waals surface area contributed by atoms with Crippen molar-refractivity contribution in [2.24, 2.45) is 5.92 Å². The largest absolute Gasteiger partial charge is 0.477 e. The van der Waals surface area contributed by atoms with Gasteiger partial charge in [0.25, 0.3) is 0 Å². The standard InChI is InChI=1S/C20H30N4O/c1-5-14(3)11-18-21-13-17-19(23-18)16(12-22-20(17)25-6-2)15-7-9-24(4)10-8-15/h12-15H,5-11H2,1-4H3/t14-/m0/s1. The smallest absolute Gasteiger partial charge is 0.224 e. The number of pyridine rings is 1. The number of nitrogens with zero attached hydrogens (tertiary/aromatic N) is 4. The van der Waals surface area contributed by atoms with Crippen molar-refractivity contribution in [3.63, 3.8) is 0 Å². The maximum Gasteiger partial charge on any atom is 0.224 e. The van der Waals surface area contributed by atoms with Gasteiger partial charge in [-0.2, -0.15) is 0 Å². The molecule has 0 saturated carbocycles. The quantitative estimate of drug-likeness (QED) is 0.799. The lowest BCUT2D eigenvalue weighted by Crippen LogP contribution is -2.29. The molecule has 0 radical (unpaired) electrons. The lowest BCUT2D eigenvalue weighted by atomic mass is 9.89. The van der Waals surface area contributed by atoms with E-state index in [0.717, 1.165) is 55.5 Å². The van der Waals surface area contributed by atoms with E-state index in [1.54, 1.807) is 0 Å². The summed E-state index contributed by atoms with van der Waals surface area (Å²) in [5.74, 6) is 2.71. The van der Waals surface area contributed by atoms with Crippen molar-refractivity contribution in [3.05, 3.63) is 23.8 Å². The topological polar surface area (TPSA) is 51.1 Å². The number of aromatic nitrogens is 3. The molecule has 1 fully saturated rings. The van der Waals surface area contributed by atoms with Gasteiger partial charge in [0.2, 0.25) is 5.88 Å². The van der Waals surface area contributed by atoms with Crippen LogP contribution in [0.5, 0.6) is 5.88 Å². The molecule has 0 amide bonds. The van der Waals surface area contributed by atoms with Crippen LogP contribution in [0.1, 0.15) is 57.3 Å². The highest BCUT2D eigenvalue weighted by Crippen LogP contribution is 2.34. The minimum absolute atomic E-state index is 0.522. The third-order valence-corrected chi connectivity index (χ3v) is 5.33. The van der Waals surface area contributed by atoms with Gasteiger partial charge in [0.05, 0.1) is 17.5 Å². The first-order valence-electron chi connectivity index (χ1n) is 9.58. The highest BCUT2D eigenvalue weighted by molar-refractivity contribution is 5.85. The van der Waals surface area contributed by atoms with Gasteiger partial charge >= 0.3 is 0 Å². The molecule has 0 aliphatic carbocycles. The van der Waals surface area contributed by atoms with Gasteiger partial charge in [-0.3, -0.25) is 0 Å². The van der Waals surface area contributed by atoms with Gasteiger partial charge in [-0.15, -0.1) is 0 Å². The molecule has 0 aromatic carbocycles. The lowest BCUT2D eigenvalue weighted by molar-refractivity contribution is 0.255. The van der Waals surface area contributed by atoms with Crippen molar-refractivity contribution < 1.29 is 4.74 Å². The molecule has 0 bridgehead atoms. The number of rotatable bonds is 6. The van der Waals surface area contributed by atoms with Crippen molar-refractivity contribution in [1.82, 2.24) is 19.9 Å². The van der Waals surface area contributed by atoms with E-state index in [0.29, 0.717) is 24.3 Å². The normalized spacial score (nSPS) is 17.8. The van der Waals surface area contributed by atoms with Crippen LogP contribution >= 0.6 is 0 Å². The van der Waals surface area contributed by atoms with E-state index in [4.69, 9.17) is 9.72 Å². The van der Waals surface area contributed by atoms with Gasteiger partial charge in [0.1, 0.15) is 5.82 Å². The highest BCUT2D eigenvalue weighted by atomic mass is 16.5. The van der Waals surface area contributed by atoms with Crippen LogP contribution in [-0.2, 0) is 6.42 Å². The average molecular weight is 342 g/mol. The van der Waals surface area contributed by atoms with Crippen molar-refractivity contribution >= 4 is 10.9 Å². The SMILES string of the molecule is CCOc1ncc(C2CCN(C)CC2)c2nc(C[C@@H](C)CC)ncc12. The van der Waals surface area contributed by atoms with Crippen LogP contribution < -0.4 is 4.74 Å². The minimum Gasteiger partial charge on any atom is -0.477 e. The Kier molecular flexibility index (Phi) is 5.84. The maximum atomic E-state index is 5.72. The first-order chi connectivity index (χ1) is 12.1. The van der Waals surface area contributed by atoms with Gasteiger partial charge in [0.15, 0.2) is 0 Å². The molecule has 3 rings (SSSR count). The number of piperidine rings is 1. The summed E-state index contributed by atoms with van der Waals surface area (Å²) in [5.41, 5.74) is 2.31. The highest BCUT2D eigenvalue weighted by Gasteiger charge is 2.23. The molecule has 1 atom stereocenters. The molecule has 5 heteroatoms. The Balaban J connectivity index is 2.02.